The van der Waals surface area contributed by atoms with Crippen LogP contribution in [0.4, 0.5) is 0 Å². The quantitative estimate of drug-likeness (QED) is 0.513. The SMILES string of the molecule is [B]C1Cc2ccc(OC)c(OC)c2CN(Cc2ccc(OC)cc2)CCc2cc3c(cc21)OCO3. The molecule has 3 aromatic rings. The molecule has 1 atom stereocenters. The molecule has 0 saturated carbocycles. The Kier molecular flexibility index (Phi) is 6.78. The Bertz CT molecular complexity index is 1200. The molecule has 6 nitrogen and oxygen atoms in total. The van der Waals surface area contributed by atoms with Crippen LogP contribution in [0, 0.1) is 0 Å². The molecule has 0 fully saturated rings. The average Bonchev–Trinajstić information content (AvgIpc) is 3.35. The average molecular weight is 471 g/mol. The van der Waals surface area contributed by atoms with Gasteiger partial charge in [-0.2, -0.15) is 0 Å². The summed E-state index contributed by atoms with van der Waals surface area (Å²) in [5.41, 5.74) is 5.78. The monoisotopic (exact) mass is 471 g/mol. The molecule has 0 bridgehead atoms. The minimum atomic E-state index is -0.176. The molecular weight excluding hydrogens is 441 g/mol. The predicted molar refractivity (Wildman–Crippen MR) is 135 cm³/mol. The van der Waals surface area contributed by atoms with Crippen LogP contribution < -0.4 is 23.7 Å². The van der Waals surface area contributed by atoms with E-state index < -0.39 is 0 Å². The second-order valence-corrected chi connectivity index (χ2v) is 8.96. The van der Waals surface area contributed by atoms with E-state index in [1.807, 2.05) is 18.2 Å². The fourth-order valence-corrected chi connectivity index (χ4v) is 5.01. The third kappa shape index (κ3) is 4.78. The molecule has 1 unspecified atom stereocenters. The molecular formula is C28H30BNO5. The Hall–Kier alpha value is -3.32. The van der Waals surface area contributed by atoms with Gasteiger partial charge < -0.3 is 23.7 Å². The van der Waals surface area contributed by atoms with Crippen molar-refractivity contribution in [1.82, 2.24) is 4.90 Å². The van der Waals surface area contributed by atoms with Crippen LogP contribution in [0.2, 0.25) is 0 Å². The van der Waals surface area contributed by atoms with Crippen molar-refractivity contribution in [3.63, 3.8) is 0 Å². The van der Waals surface area contributed by atoms with Gasteiger partial charge in [-0.05, 0) is 71.2 Å². The smallest absolute Gasteiger partial charge is 0.231 e. The maximum Gasteiger partial charge on any atom is 0.231 e. The van der Waals surface area contributed by atoms with Crippen molar-refractivity contribution in [2.24, 2.45) is 0 Å². The number of hydrogen-bond donors (Lipinski definition) is 0. The molecule has 0 amide bonds. The van der Waals surface area contributed by atoms with Crippen molar-refractivity contribution in [2.75, 3.05) is 34.7 Å². The van der Waals surface area contributed by atoms with Crippen LogP contribution in [0.25, 0.3) is 0 Å². The molecule has 2 heterocycles. The van der Waals surface area contributed by atoms with Crippen LogP contribution in [0.3, 0.4) is 0 Å². The van der Waals surface area contributed by atoms with Gasteiger partial charge >= 0.3 is 0 Å². The number of hydrogen-bond acceptors (Lipinski definition) is 6. The molecule has 2 aliphatic heterocycles. The van der Waals surface area contributed by atoms with E-state index in [1.165, 1.54) is 11.1 Å². The summed E-state index contributed by atoms with van der Waals surface area (Å²) < 4.78 is 28.1. The van der Waals surface area contributed by atoms with E-state index in [2.05, 4.69) is 35.2 Å². The summed E-state index contributed by atoms with van der Waals surface area (Å²) in [6, 6.07) is 16.5. The van der Waals surface area contributed by atoms with Gasteiger partial charge in [0.05, 0.1) is 29.2 Å². The van der Waals surface area contributed by atoms with E-state index in [0.29, 0.717) is 13.0 Å². The standard InChI is InChI=1S/C28H30BNO5/c1-31-21-7-4-18(5-8-21)15-30-11-10-20-13-26-27(35-17-34-26)14-22(20)24(29)12-19-6-9-25(32-2)28(33-3)23(19)16-30/h4-9,13-14,24H,10-12,15-17H2,1-3H3. The summed E-state index contributed by atoms with van der Waals surface area (Å²) in [6.07, 6.45) is 1.52. The zero-order valence-electron chi connectivity index (χ0n) is 20.5. The maximum absolute atomic E-state index is 6.80. The number of nitrogens with zero attached hydrogens (tertiary/aromatic N) is 1. The van der Waals surface area contributed by atoms with Crippen LogP contribution in [0.5, 0.6) is 28.7 Å². The van der Waals surface area contributed by atoms with Crippen molar-refractivity contribution in [2.45, 2.75) is 31.7 Å². The van der Waals surface area contributed by atoms with Gasteiger partial charge in [0.25, 0.3) is 0 Å². The van der Waals surface area contributed by atoms with Crippen LogP contribution in [-0.2, 0) is 25.9 Å². The first-order valence-corrected chi connectivity index (χ1v) is 11.9. The zero-order valence-corrected chi connectivity index (χ0v) is 20.5. The normalized spacial score (nSPS) is 17.3. The first kappa shape index (κ1) is 23.4. The summed E-state index contributed by atoms with van der Waals surface area (Å²) in [6.45, 7) is 2.59. The molecule has 0 aliphatic carbocycles. The van der Waals surface area contributed by atoms with Gasteiger partial charge in [0.15, 0.2) is 23.0 Å². The van der Waals surface area contributed by atoms with Crippen molar-refractivity contribution in [3.05, 3.63) is 76.3 Å². The topological polar surface area (TPSA) is 49.4 Å². The lowest BCUT2D eigenvalue weighted by molar-refractivity contribution is 0.174. The highest BCUT2D eigenvalue weighted by atomic mass is 16.7. The highest BCUT2D eigenvalue weighted by molar-refractivity contribution is 6.12. The molecule has 0 saturated heterocycles. The number of ether oxygens (including phenoxy) is 5. The fourth-order valence-electron chi connectivity index (χ4n) is 5.01. The lowest BCUT2D eigenvalue weighted by Gasteiger charge is -2.29. The molecule has 7 heteroatoms. The Morgan fingerprint density at radius 3 is 2.40 bits per heavy atom. The Morgan fingerprint density at radius 1 is 0.914 bits per heavy atom. The van der Waals surface area contributed by atoms with Crippen LogP contribution >= 0.6 is 0 Å². The first-order valence-electron chi connectivity index (χ1n) is 11.9. The van der Waals surface area contributed by atoms with Gasteiger partial charge in [-0.25, -0.2) is 0 Å². The third-order valence-corrected chi connectivity index (χ3v) is 6.86. The van der Waals surface area contributed by atoms with Gasteiger partial charge in [0.1, 0.15) is 5.75 Å². The Balaban J connectivity index is 1.56. The summed E-state index contributed by atoms with van der Waals surface area (Å²) in [5.74, 6) is 3.73. The van der Waals surface area contributed by atoms with E-state index in [9.17, 15) is 0 Å². The third-order valence-electron chi connectivity index (χ3n) is 6.86. The van der Waals surface area contributed by atoms with Gasteiger partial charge in [-0.15, -0.1) is 0 Å². The van der Waals surface area contributed by atoms with Crippen LogP contribution in [0.15, 0.2) is 48.5 Å². The second-order valence-electron chi connectivity index (χ2n) is 8.96. The lowest BCUT2D eigenvalue weighted by atomic mass is 9.73. The molecule has 180 valence electrons. The van der Waals surface area contributed by atoms with Gasteiger partial charge in [-0.1, -0.05) is 18.2 Å². The summed E-state index contributed by atoms with van der Waals surface area (Å²) in [4.78, 5) is 2.44. The van der Waals surface area contributed by atoms with E-state index in [1.54, 1.807) is 21.3 Å². The second kappa shape index (κ2) is 10.1. The summed E-state index contributed by atoms with van der Waals surface area (Å²) >= 11 is 0. The molecule has 3 aromatic carbocycles. The predicted octanol–water partition coefficient (Wildman–Crippen LogP) is 4.45. The number of fused-ring (bicyclic) bond motifs is 3. The minimum absolute atomic E-state index is 0.176. The van der Waals surface area contributed by atoms with Gasteiger partial charge in [0, 0.05) is 25.2 Å². The zero-order chi connectivity index (χ0) is 24.4. The number of benzene rings is 3. The lowest BCUT2D eigenvalue weighted by Crippen LogP contribution is -2.28. The minimum Gasteiger partial charge on any atom is -0.497 e. The van der Waals surface area contributed by atoms with E-state index >= 15 is 0 Å². The molecule has 0 aromatic heterocycles. The van der Waals surface area contributed by atoms with Gasteiger partial charge in [-0.3, -0.25) is 4.90 Å². The number of rotatable bonds is 5. The molecule has 2 aliphatic rings. The van der Waals surface area contributed by atoms with Crippen molar-refractivity contribution < 1.29 is 23.7 Å². The highest BCUT2D eigenvalue weighted by Gasteiger charge is 2.25. The molecule has 2 radical (unpaired) electrons. The molecule has 5 rings (SSSR count). The molecule has 35 heavy (non-hydrogen) atoms. The van der Waals surface area contributed by atoms with E-state index in [-0.39, 0.29) is 12.6 Å². The van der Waals surface area contributed by atoms with Crippen molar-refractivity contribution >= 4 is 7.85 Å². The first-order chi connectivity index (χ1) is 17.1. The van der Waals surface area contributed by atoms with Gasteiger partial charge in [0.2, 0.25) is 6.79 Å². The number of methoxy groups -OCH3 is 3. The molecule has 0 N–H and O–H groups in total. The highest BCUT2D eigenvalue weighted by Crippen LogP contribution is 2.41. The Morgan fingerprint density at radius 2 is 1.69 bits per heavy atom. The van der Waals surface area contributed by atoms with Crippen LogP contribution in [0.1, 0.15) is 33.6 Å². The fraction of sp³-hybridized carbons (Fsp3) is 0.357. The summed E-state index contributed by atoms with van der Waals surface area (Å²) in [7, 11) is 11.8. The van der Waals surface area contributed by atoms with Crippen molar-refractivity contribution in [1.29, 1.82) is 0 Å². The van der Waals surface area contributed by atoms with E-state index in [4.69, 9.17) is 31.5 Å². The van der Waals surface area contributed by atoms with Crippen LogP contribution in [-0.4, -0.2) is 47.4 Å². The largest absolute Gasteiger partial charge is 0.497 e. The molecule has 0 spiro atoms. The van der Waals surface area contributed by atoms with E-state index in [0.717, 1.165) is 64.9 Å². The van der Waals surface area contributed by atoms with Crippen molar-refractivity contribution in [3.8, 4) is 28.7 Å². The Labute approximate surface area is 208 Å². The summed E-state index contributed by atoms with van der Waals surface area (Å²) in [5, 5.41) is 0. The maximum atomic E-state index is 6.80.